The summed E-state index contributed by atoms with van der Waals surface area (Å²) in [5, 5.41) is 15.1. The van der Waals surface area contributed by atoms with E-state index in [1.165, 1.54) is 12.8 Å². The third-order valence-electron chi connectivity index (χ3n) is 3.09. The van der Waals surface area contributed by atoms with Gasteiger partial charge in [0.05, 0.1) is 0 Å². The summed E-state index contributed by atoms with van der Waals surface area (Å²) in [7, 11) is 1.95. The van der Waals surface area contributed by atoms with Crippen molar-refractivity contribution in [3.8, 4) is 0 Å². The van der Waals surface area contributed by atoms with Gasteiger partial charge in [0, 0.05) is 25.9 Å². The largest absolute Gasteiger partial charge is 0.321 e. The van der Waals surface area contributed by atoms with Gasteiger partial charge in [-0.1, -0.05) is 0 Å². The van der Waals surface area contributed by atoms with Crippen molar-refractivity contribution in [2.24, 2.45) is 7.05 Å². The number of rotatable bonds is 4. The van der Waals surface area contributed by atoms with Crippen molar-refractivity contribution < 1.29 is 0 Å². The Bertz CT molecular complexity index is 576. The molecular weight excluding hydrogens is 236 g/mol. The minimum absolute atomic E-state index is 0.599. The van der Waals surface area contributed by atoms with Crippen LogP contribution in [0.2, 0.25) is 0 Å². The average molecular weight is 250 g/mol. The Morgan fingerprint density at radius 2 is 2.35 bits per heavy atom. The molecule has 17 heavy (non-hydrogen) atoms. The van der Waals surface area contributed by atoms with Gasteiger partial charge in [-0.15, -0.1) is 10.2 Å². The molecule has 7 heteroatoms. The van der Waals surface area contributed by atoms with Gasteiger partial charge in [0.2, 0.25) is 0 Å². The second-order valence-corrected chi connectivity index (χ2v) is 4.81. The van der Waals surface area contributed by atoms with E-state index < -0.39 is 0 Å². The second-order valence-electron chi connectivity index (χ2n) is 4.42. The number of hydrogen-bond acceptors (Lipinski definition) is 4. The Hall–Kier alpha value is -1.50. The number of nitrogens with one attached hydrogen (secondary N) is 1. The van der Waals surface area contributed by atoms with Crippen molar-refractivity contribution in [1.82, 2.24) is 29.5 Å². The van der Waals surface area contributed by atoms with Gasteiger partial charge in [-0.05, 0) is 25.1 Å². The lowest BCUT2D eigenvalue weighted by Crippen LogP contribution is -2.08. The predicted molar refractivity (Wildman–Crippen MR) is 64.1 cm³/mol. The lowest BCUT2D eigenvalue weighted by atomic mass is 10.3. The highest BCUT2D eigenvalue weighted by Gasteiger charge is 2.28. The van der Waals surface area contributed by atoms with Crippen LogP contribution in [0, 0.1) is 4.77 Å². The maximum absolute atomic E-state index is 5.25. The molecule has 1 N–H and O–H groups in total. The molecule has 2 heterocycles. The smallest absolute Gasteiger partial charge is 0.195 e. The first-order valence-corrected chi connectivity index (χ1v) is 6.14. The summed E-state index contributed by atoms with van der Waals surface area (Å²) in [6, 6.07) is 0. The molecule has 2 aromatic heterocycles. The topological polar surface area (TPSA) is 64.3 Å². The zero-order valence-corrected chi connectivity index (χ0v) is 10.4. The van der Waals surface area contributed by atoms with Gasteiger partial charge < -0.3 is 9.13 Å². The van der Waals surface area contributed by atoms with E-state index in [2.05, 4.69) is 25.0 Å². The fourth-order valence-electron chi connectivity index (χ4n) is 1.94. The zero-order chi connectivity index (χ0) is 11.8. The number of hydrogen-bond donors (Lipinski definition) is 1. The molecule has 0 bridgehead atoms. The second kappa shape index (κ2) is 4.06. The van der Waals surface area contributed by atoms with Crippen LogP contribution in [-0.2, 0) is 20.0 Å². The van der Waals surface area contributed by atoms with E-state index in [1.54, 1.807) is 6.33 Å². The van der Waals surface area contributed by atoms with E-state index in [4.69, 9.17) is 12.2 Å². The van der Waals surface area contributed by atoms with Gasteiger partial charge in [-0.2, -0.15) is 5.10 Å². The van der Waals surface area contributed by atoms with Crippen LogP contribution in [0.5, 0.6) is 0 Å². The Balaban J connectivity index is 1.79. The van der Waals surface area contributed by atoms with E-state index in [0.717, 1.165) is 24.6 Å². The summed E-state index contributed by atoms with van der Waals surface area (Å²) < 4.78 is 4.72. The molecule has 0 amide bonds. The third kappa shape index (κ3) is 2.02. The fraction of sp³-hybridized carbons (Fsp3) is 0.600. The van der Waals surface area contributed by atoms with E-state index in [1.807, 2.05) is 11.6 Å². The molecule has 0 aliphatic heterocycles. The van der Waals surface area contributed by atoms with Gasteiger partial charge in [-0.3, -0.25) is 5.10 Å². The number of aryl methyl sites for hydroxylation is 2. The van der Waals surface area contributed by atoms with Crippen LogP contribution in [-0.4, -0.2) is 29.5 Å². The molecule has 1 aliphatic rings. The molecular formula is C10H14N6S. The van der Waals surface area contributed by atoms with Crippen molar-refractivity contribution in [2.45, 2.75) is 31.7 Å². The van der Waals surface area contributed by atoms with Crippen LogP contribution in [0.1, 0.15) is 30.4 Å². The summed E-state index contributed by atoms with van der Waals surface area (Å²) in [5.74, 6) is 2.66. The molecule has 0 radical (unpaired) electrons. The van der Waals surface area contributed by atoms with Crippen molar-refractivity contribution in [1.29, 1.82) is 0 Å². The first-order valence-electron chi connectivity index (χ1n) is 5.73. The first-order chi connectivity index (χ1) is 8.25. The Morgan fingerprint density at radius 3 is 3.00 bits per heavy atom. The molecule has 0 spiro atoms. The minimum atomic E-state index is 0.599. The summed E-state index contributed by atoms with van der Waals surface area (Å²) in [6.45, 7) is 0.813. The maximum Gasteiger partial charge on any atom is 0.195 e. The van der Waals surface area contributed by atoms with Crippen LogP contribution in [0.4, 0.5) is 0 Å². The van der Waals surface area contributed by atoms with Crippen molar-refractivity contribution in [3.05, 3.63) is 22.7 Å². The predicted octanol–water partition coefficient (Wildman–Crippen LogP) is 1.19. The van der Waals surface area contributed by atoms with Crippen LogP contribution in [0.3, 0.4) is 0 Å². The molecule has 1 aliphatic carbocycles. The standard InChI is InChI=1S/C10H14N6S/c1-15-6-11-12-8(15)4-5-16-9(7-2-3-7)13-14-10(16)17/h6-7H,2-5H2,1H3,(H,14,17). The van der Waals surface area contributed by atoms with Crippen molar-refractivity contribution >= 4 is 12.2 Å². The van der Waals surface area contributed by atoms with E-state index >= 15 is 0 Å². The lowest BCUT2D eigenvalue weighted by Gasteiger charge is -2.05. The van der Waals surface area contributed by atoms with Gasteiger partial charge in [0.1, 0.15) is 18.0 Å². The summed E-state index contributed by atoms with van der Waals surface area (Å²) in [4.78, 5) is 0. The zero-order valence-electron chi connectivity index (χ0n) is 9.63. The molecule has 0 atom stereocenters. The maximum atomic E-state index is 5.25. The number of nitrogens with zero attached hydrogens (tertiary/aromatic N) is 5. The van der Waals surface area contributed by atoms with Crippen molar-refractivity contribution in [3.63, 3.8) is 0 Å². The van der Waals surface area contributed by atoms with Gasteiger partial charge in [0.15, 0.2) is 4.77 Å². The molecule has 0 aromatic carbocycles. The number of aromatic amines is 1. The molecule has 0 unspecified atom stereocenters. The summed E-state index contributed by atoms with van der Waals surface area (Å²) in [6.07, 6.45) is 4.99. The fourth-order valence-corrected chi connectivity index (χ4v) is 2.17. The monoisotopic (exact) mass is 250 g/mol. The molecule has 3 rings (SSSR count). The normalized spacial score (nSPS) is 15.4. The molecule has 1 fully saturated rings. The van der Waals surface area contributed by atoms with Crippen molar-refractivity contribution in [2.75, 3.05) is 0 Å². The van der Waals surface area contributed by atoms with Crippen LogP contribution in [0.25, 0.3) is 0 Å². The van der Waals surface area contributed by atoms with Crippen LogP contribution in [0.15, 0.2) is 6.33 Å². The minimum Gasteiger partial charge on any atom is -0.321 e. The van der Waals surface area contributed by atoms with E-state index in [-0.39, 0.29) is 0 Å². The highest BCUT2D eigenvalue weighted by Crippen LogP contribution is 2.38. The quantitative estimate of drug-likeness (QED) is 0.828. The molecule has 2 aromatic rings. The number of aromatic nitrogens is 6. The van der Waals surface area contributed by atoms with E-state index in [9.17, 15) is 0 Å². The van der Waals surface area contributed by atoms with Gasteiger partial charge >= 0.3 is 0 Å². The SMILES string of the molecule is Cn1cnnc1CCn1c(C2CC2)n[nH]c1=S. The highest BCUT2D eigenvalue weighted by molar-refractivity contribution is 7.71. The van der Waals surface area contributed by atoms with Crippen LogP contribution >= 0.6 is 12.2 Å². The van der Waals surface area contributed by atoms with Gasteiger partial charge in [-0.25, -0.2) is 0 Å². The Labute approximate surface area is 104 Å². The summed E-state index contributed by atoms with van der Waals surface area (Å²) in [5.41, 5.74) is 0. The molecule has 0 saturated heterocycles. The number of H-pyrrole nitrogens is 1. The summed E-state index contributed by atoms with van der Waals surface area (Å²) >= 11 is 5.25. The van der Waals surface area contributed by atoms with Crippen LogP contribution < -0.4 is 0 Å². The van der Waals surface area contributed by atoms with E-state index in [0.29, 0.717) is 10.7 Å². The Morgan fingerprint density at radius 1 is 1.53 bits per heavy atom. The average Bonchev–Trinajstić information content (AvgIpc) is 2.98. The first kappa shape index (κ1) is 10.6. The third-order valence-corrected chi connectivity index (χ3v) is 3.41. The Kier molecular flexibility index (Phi) is 2.54. The highest BCUT2D eigenvalue weighted by atomic mass is 32.1. The van der Waals surface area contributed by atoms with Gasteiger partial charge in [0.25, 0.3) is 0 Å². The molecule has 6 nitrogen and oxygen atoms in total. The lowest BCUT2D eigenvalue weighted by molar-refractivity contribution is 0.614. The molecule has 90 valence electrons. The molecule has 1 saturated carbocycles.